The van der Waals surface area contributed by atoms with Gasteiger partial charge in [-0.2, -0.15) is 5.26 Å². The zero-order valence-electron chi connectivity index (χ0n) is 18.9. The second-order valence-corrected chi connectivity index (χ2v) is 9.64. The first-order valence-corrected chi connectivity index (χ1v) is 12.4. The first-order valence-electron chi connectivity index (χ1n) is 11.0. The van der Waals surface area contributed by atoms with Crippen molar-refractivity contribution in [3.8, 4) is 6.07 Å². The molecular formula is C24H26N6O3S. The first-order chi connectivity index (χ1) is 16.4. The number of nitrogens with zero attached hydrogens (tertiary/aromatic N) is 4. The van der Waals surface area contributed by atoms with E-state index in [0.29, 0.717) is 49.4 Å². The maximum Gasteiger partial charge on any atom is 0.240 e. The summed E-state index contributed by atoms with van der Waals surface area (Å²) in [6.07, 6.45) is 2.00. The van der Waals surface area contributed by atoms with Crippen LogP contribution >= 0.6 is 0 Å². The normalized spacial score (nSPS) is 11.8. The number of ether oxygens (including phenoxy) is 1. The standard InChI is InChI=1S/C24H26N6O3S/c1-33-15-12-21-29-22-23(19-6-2-3-7-20(19)28-24(22)26)30(21)14-5-4-13-27-34(31,32)18-10-8-17(16-25)9-11-18/h2-3,6-11,27H,4-5,12-15H2,1H3,(H2,26,28). The fourth-order valence-electron chi connectivity index (χ4n) is 3.92. The first kappa shape index (κ1) is 23.6. The van der Waals surface area contributed by atoms with E-state index in [1.165, 1.54) is 24.3 Å². The number of hydrogen-bond acceptors (Lipinski definition) is 7. The number of aryl methyl sites for hydroxylation is 1. The van der Waals surface area contributed by atoms with E-state index in [2.05, 4.69) is 14.3 Å². The number of benzene rings is 2. The molecule has 0 fully saturated rings. The summed E-state index contributed by atoms with van der Waals surface area (Å²) in [7, 11) is -1.98. The zero-order valence-corrected chi connectivity index (χ0v) is 19.7. The summed E-state index contributed by atoms with van der Waals surface area (Å²) in [5, 5.41) is 9.85. The van der Waals surface area contributed by atoms with Crippen LogP contribution in [-0.4, -0.2) is 43.2 Å². The summed E-state index contributed by atoms with van der Waals surface area (Å²) in [5.74, 6) is 1.25. The fraction of sp³-hybridized carbons (Fsp3) is 0.292. The van der Waals surface area contributed by atoms with Crippen LogP contribution in [0, 0.1) is 11.3 Å². The Morgan fingerprint density at radius 3 is 2.62 bits per heavy atom. The van der Waals surface area contributed by atoms with Crippen molar-refractivity contribution >= 4 is 37.8 Å². The molecule has 0 saturated heterocycles. The van der Waals surface area contributed by atoms with Crippen molar-refractivity contribution in [2.75, 3.05) is 26.0 Å². The topological polar surface area (TPSA) is 136 Å². The molecule has 176 valence electrons. The van der Waals surface area contributed by atoms with E-state index in [1.54, 1.807) is 7.11 Å². The lowest BCUT2D eigenvalue weighted by Crippen LogP contribution is -2.25. The van der Waals surface area contributed by atoms with Gasteiger partial charge in [-0.25, -0.2) is 23.1 Å². The van der Waals surface area contributed by atoms with Crippen LogP contribution in [0.4, 0.5) is 5.82 Å². The predicted molar refractivity (Wildman–Crippen MR) is 131 cm³/mol. The number of aromatic nitrogens is 3. The largest absolute Gasteiger partial charge is 0.384 e. The second-order valence-electron chi connectivity index (χ2n) is 7.87. The summed E-state index contributed by atoms with van der Waals surface area (Å²) in [6, 6.07) is 15.7. The summed E-state index contributed by atoms with van der Waals surface area (Å²) >= 11 is 0. The molecule has 0 unspecified atom stereocenters. The third kappa shape index (κ3) is 4.87. The number of fused-ring (bicyclic) bond motifs is 3. The third-order valence-corrected chi connectivity index (χ3v) is 7.09. The van der Waals surface area contributed by atoms with Crippen molar-refractivity contribution in [3.63, 3.8) is 0 Å². The third-order valence-electron chi connectivity index (χ3n) is 5.61. The van der Waals surface area contributed by atoms with E-state index in [1.807, 2.05) is 30.3 Å². The highest BCUT2D eigenvalue weighted by Gasteiger charge is 2.17. The van der Waals surface area contributed by atoms with Gasteiger partial charge in [-0.05, 0) is 43.2 Å². The Balaban J connectivity index is 1.49. The summed E-state index contributed by atoms with van der Waals surface area (Å²) < 4.78 is 35.1. The molecule has 2 aromatic heterocycles. The smallest absolute Gasteiger partial charge is 0.240 e. The van der Waals surface area contributed by atoms with E-state index in [-0.39, 0.29) is 4.90 Å². The van der Waals surface area contributed by atoms with Gasteiger partial charge in [0, 0.05) is 32.0 Å². The molecule has 0 atom stereocenters. The molecule has 9 nitrogen and oxygen atoms in total. The van der Waals surface area contributed by atoms with Gasteiger partial charge in [-0.1, -0.05) is 18.2 Å². The van der Waals surface area contributed by atoms with Gasteiger partial charge >= 0.3 is 0 Å². The number of pyridine rings is 1. The maximum atomic E-state index is 12.5. The Hall–Kier alpha value is -3.52. The van der Waals surface area contributed by atoms with Gasteiger partial charge < -0.3 is 15.0 Å². The SMILES string of the molecule is COCCc1nc2c(N)nc3ccccc3c2n1CCCCNS(=O)(=O)c1ccc(C#N)cc1. The van der Waals surface area contributed by atoms with Crippen molar-refractivity contribution in [2.45, 2.75) is 30.7 Å². The number of anilines is 1. The number of rotatable bonds is 10. The second kappa shape index (κ2) is 10.2. The summed E-state index contributed by atoms with van der Waals surface area (Å²) in [5.41, 5.74) is 9.05. The molecule has 0 radical (unpaired) electrons. The molecule has 0 bridgehead atoms. The van der Waals surface area contributed by atoms with Gasteiger partial charge in [-0.15, -0.1) is 0 Å². The monoisotopic (exact) mass is 478 g/mol. The van der Waals surface area contributed by atoms with Crippen LogP contribution in [0.15, 0.2) is 53.4 Å². The van der Waals surface area contributed by atoms with Crippen LogP contribution < -0.4 is 10.5 Å². The Morgan fingerprint density at radius 2 is 1.88 bits per heavy atom. The van der Waals surface area contributed by atoms with E-state index in [0.717, 1.165) is 28.7 Å². The maximum absolute atomic E-state index is 12.5. The number of hydrogen-bond donors (Lipinski definition) is 2. The van der Waals surface area contributed by atoms with Crippen molar-refractivity contribution in [3.05, 3.63) is 59.9 Å². The Kier molecular flexibility index (Phi) is 7.07. The highest BCUT2D eigenvalue weighted by Crippen LogP contribution is 2.29. The quantitative estimate of drug-likeness (QED) is 0.334. The average Bonchev–Trinajstić information content (AvgIpc) is 3.22. The van der Waals surface area contributed by atoms with Crippen molar-refractivity contribution < 1.29 is 13.2 Å². The van der Waals surface area contributed by atoms with Gasteiger partial charge in [0.15, 0.2) is 5.82 Å². The van der Waals surface area contributed by atoms with Crippen LogP contribution in [0.2, 0.25) is 0 Å². The molecule has 0 saturated carbocycles. The minimum atomic E-state index is -3.63. The molecule has 0 aliphatic rings. The molecule has 0 aliphatic carbocycles. The van der Waals surface area contributed by atoms with E-state index < -0.39 is 10.0 Å². The minimum absolute atomic E-state index is 0.142. The highest BCUT2D eigenvalue weighted by molar-refractivity contribution is 7.89. The fourth-order valence-corrected chi connectivity index (χ4v) is 5.00. The molecule has 2 aromatic carbocycles. The van der Waals surface area contributed by atoms with Crippen molar-refractivity contribution in [2.24, 2.45) is 0 Å². The highest BCUT2D eigenvalue weighted by atomic mass is 32.2. The van der Waals surface area contributed by atoms with Gasteiger partial charge in [0.1, 0.15) is 11.3 Å². The number of para-hydroxylation sites is 1. The summed E-state index contributed by atoms with van der Waals surface area (Å²) in [4.78, 5) is 9.39. The summed E-state index contributed by atoms with van der Waals surface area (Å²) in [6.45, 7) is 1.48. The van der Waals surface area contributed by atoms with Gasteiger partial charge in [0.2, 0.25) is 10.0 Å². The van der Waals surface area contributed by atoms with Gasteiger partial charge in [0.05, 0.1) is 34.2 Å². The number of methoxy groups -OCH3 is 1. The van der Waals surface area contributed by atoms with Crippen LogP contribution in [0.1, 0.15) is 24.2 Å². The molecule has 0 aliphatic heterocycles. The zero-order chi connectivity index (χ0) is 24.1. The number of nitriles is 1. The van der Waals surface area contributed by atoms with Crippen molar-refractivity contribution in [1.82, 2.24) is 19.3 Å². The lowest BCUT2D eigenvalue weighted by atomic mass is 10.2. The number of unbranched alkanes of at least 4 members (excludes halogenated alkanes) is 1. The lowest BCUT2D eigenvalue weighted by molar-refractivity contribution is 0.199. The van der Waals surface area contributed by atoms with Gasteiger partial charge in [-0.3, -0.25) is 0 Å². The predicted octanol–water partition coefficient (Wildman–Crippen LogP) is 2.99. The van der Waals surface area contributed by atoms with Crippen LogP contribution in [0.3, 0.4) is 0 Å². The average molecular weight is 479 g/mol. The Labute approximate surface area is 198 Å². The number of nitrogens with one attached hydrogen (secondary N) is 1. The number of sulfonamides is 1. The van der Waals surface area contributed by atoms with Crippen molar-refractivity contribution in [1.29, 1.82) is 5.26 Å². The molecule has 3 N–H and O–H groups in total. The van der Waals surface area contributed by atoms with E-state index in [4.69, 9.17) is 20.7 Å². The van der Waals surface area contributed by atoms with E-state index >= 15 is 0 Å². The molecule has 0 amide bonds. The molecule has 0 spiro atoms. The number of nitrogen functional groups attached to an aromatic ring is 1. The van der Waals surface area contributed by atoms with Crippen LogP contribution in [-0.2, 0) is 27.7 Å². The lowest BCUT2D eigenvalue weighted by Gasteiger charge is -2.11. The number of imidazole rings is 1. The minimum Gasteiger partial charge on any atom is -0.384 e. The van der Waals surface area contributed by atoms with Crippen LogP contribution in [0.25, 0.3) is 21.9 Å². The van der Waals surface area contributed by atoms with Crippen LogP contribution in [0.5, 0.6) is 0 Å². The van der Waals surface area contributed by atoms with Gasteiger partial charge in [0.25, 0.3) is 0 Å². The molecular weight excluding hydrogens is 452 g/mol. The molecule has 4 rings (SSSR count). The van der Waals surface area contributed by atoms with E-state index in [9.17, 15) is 8.42 Å². The Morgan fingerprint density at radius 1 is 1.12 bits per heavy atom. The number of nitrogens with two attached hydrogens (primary N) is 1. The molecule has 10 heteroatoms. The Bertz CT molecular complexity index is 1460. The molecule has 2 heterocycles. The molecule has 4 aromatic rings. The molecule has 34 heavy (non-hydrogen) atoms.